The Morgan fingerprint density at radius 3 is 2.53 bits per heavy atom. The SMILES string of the molecule is CC(O)(C(=O)/C=C(\S)C1CC1)c1ccccc1. The minimum atomic E-state index is -1.47. The van der Waals surface area contributed by atoms with E-state index in [-0.39, 0.29) is 5.78 Å². The highest BCUT2D eigenvalue weighted by atomic mass is 32.1. The number of aliphatic hydroxyl groups is 1. The number of hydrogen-bond donors (Lipinski definition) is 2. The molecule has 2 nitrogen and oxygen atoms in total. The molecule has 1 fully saturated rings. The lowest BCUT2D eigenvalue weighted by atomic mass is 9.91. The van der Waals surface area contributed by atoms with E-state index in [1.165, 1.54) is 13.0 Å². The molecule has 1 aliphatic rings. The van der Waals surface area contributed by atoms with Gasteiger partial charge in [-0.15, -0.1) is 12.6 Å². The first-order chi connectivity index (χ1) is 8.01. The van der Waals surface area contributed by atoms with Crippen LogP contribution < -0.4 is 0 Å². The Labute approximate surface area is 107 Å². The van der Waals surface area contributed by atoms with Gasteiger partial charge in [-0.25, -0.2) is 0 Å². The summed E-state index contributed by atoms with van der Waals surface area (Å²) >= 11 is 4.30. The maximum atomic E-state index is 12.0. The fourth-order valence-electron chi connectivity index (χ4n) is 1.68. The highest BCUT2D eigenvalue weighted by Gasteiger charge is 2.32. The molecule has 1 atom stereocenters. The molecule has 0 amide bonds. The molecule has 0 heterocycles. The fourth-order valence-corrected chi connectivity index (χ4v) is 2.05. The number of ketones is 1. The van der Waals surface area contributed by atoms with E-state index in [0.29, 0.717) is 11.5 Å². The van der Waals surface area contributed by atoms with Crippen LogP contribution in [0.4, 0.5) is 0 Å². The molecule has 90 valence electrons. The fraction of sp³-hybridized carbons (Fsp3) is 0.357. The van der Waals surface area contributed by atoms with Crippen molar-refractivity contribution in [3.63, 3.8) is 0 Å². The number of allylic oxidation sites excluding steroid dienone is 1. The van der Waals surface area contributed by atoms with Crippen LogP contribution in [0.15, 0.2) is 41.3 Å². The van der Waals surface area contributed by atoms with Crippen molar-refractivity contribution >= 4 is 18.4 Å². The first kappa shape index (κ1) is 12.4. The summed E-state index contributed by atoms with van der Waals surface area (Å²) in [5, 5.41) is 10.3. The average Bonchev–Trinajstić information content (AvgIpc) is 3.13. The molecule has 0 aliphatic heterocycles. The zero-order valence-electron chi connectivity index (χ0n) is 9.76. The topological polar surface area (TPSA) is 37.3 Å². The molecule has 0 bridgehead atoms. The summed E-state index contributed by atoms with van der Waals surface area (Å²) in [6.45, 7) is 1.52. The van der Waals surface area contributed by atoms with Gasteiger partial charge in [0, 0.05) is 0 Å². The lowest BCUT2D eigenvalue weighted by Gasteiger charge is -2.20. The third-order valence-electron chi connectivity index (χ3n) is 3.09. The van der Waals surface area contributed by atoms with Gasteiger partial charge < -0.3 is 5.11 Å². The van der Waals surface area contributed by atoms with Gasteiger partial charge in [-0.3, -0.25) is 4.79 Å². The smallest absolute Gasteiger partial charge is 0.192 e. The molecule has 1 unspecified atom stereocenters. The molecule has 2 rings (SSSR count). The van der Waals surface area contributed by atoms with Gasteiger partial charge in [-0.05, 0) is 42.2 Å². The molecule has 0 saturated heterocycles. The van der Waals surface area contributed by atoms with E-state index in [0.717, 1.165) is 17.7 Å². The lowest BCUT2D eigenvalue weighted by molar-refractivity contribution is -0.131. The predicted octanol–water partition coefficient (Wildman–Crippen LogP) is 2.69. The van der Waals surface area contributed by atoms with Crippen molar-refractivity contribution in [2.45, 2.75) is 25.4 Å². The molecular formula is C14H16O2S. The molecule has 0 spiro atoms. The Balaban J connectivity index is 2.20. The van der Waals surface area contributed by atoms with E-state index in [2.05, 4.69) is 12.6 Å². The van der Waals surface area contributed by atoms with Crippen LogP contribution >= 0.6 is 12.6 Å². The van der Waals surface area contributed by atoms with Crippen molar-refractivity contribution in [2.75, 3.05) is 0 Å². The minimum Gasteiger partial charge on any atom is -0.377 e. The monoisotopic (exact) mass is 248 g/mol. The molecule has 1 aromatic carbocycles. The maximum Gasteiger partial charge on any atom is 0.192 e. The summed E-state index contributed by atoms with van der Waals surface area (Å²) < 4.78 is 0. The van der Waals surface area contributed by atoms with Crippen LogP contribution in [-0.2, 0) is 10.4 Å². The number of carbonyl (C=O) groups is 1. The Morgan fingerprint density at radius 1 is 1.41 bits per heavy atom. The van der Waals surface area contributed by atoms with Crippen LogP contribution in [-0.4, -0.2) is 10.9 Å². The first-order valence-electron chi connectivity index (χ1n) is 5.74. The van der Waals surface area contributed by atoms with Gasteiger partial charge in [0.05, 0.1) is 0 Å². The number of rotatable bonds is 4. The second-order valence-electron chi connectivity index (χ2n) is 4.65. The van der Waals surface area contributed by atoms with E-state index < -0.39 is 5.60 Å². The average molecular weight is 248 g/mol. The van der Waals surface area contributed by atoms with E-state index in [1.54, 1.807) is 12.1 Å². The lowest BCUT2D eigenvalue weighted by Crippen LogP contribution is -2.30. The van der Waals surface area contributed by atoms with Crippen LogP contribution in [0.1, 0.15) is 25.3 Å². The van der Waals surface area contributed by atoms with Crippen molar-refractivity contribution < 1.29 is 9.90 Å². The summed E-state index contributed by atoms with van der Waals surface area (Å²) in [5.74, 6) is 0.120. The van der Waals surface area contributed by atoms with Gasteiger partial charge in [0.15, 0.2) is 5.78 Å². The maximum absolute atomic E-state index is 12.0. The third kappa shape index (κ3) is 2.79. The van der Waals surface area contributed by atoms with E-state index >= 15 is 0 Å². The molecule has 1 aromatic rings. The minimum absolute atomic E-state index is 0.305. The van der Waals surface area contributed by atoms with Gasteiger partial charge in [-0.1, -0.05) is 30.3 Å². The van der Waals surface area contributed by atoms with Gasteiger partial charge in [0.1, 0.15) is 5.60 Å². The van der Waals surface area contributed by atoms with E-state index in [9.17, 15) is 9.90 Å². The van der Waals surface area contributed by atoms with Crippen LogP contribution in [0, 0.1) is 5.92 Å². The molecule has 3 heteroatoms. The molecule has 1 N–H and O–H groups in total. The summed E-state index contributed by atoms with van der Waals surface area (Å²) in [6, 6.07) is 8.98. The van der Waals surface area contributed by atoms with Crippen molar-refractivity contribution in [3.8, 4) is 0 Å². The van der Waals surface area contributed by atoms with E-state index in [4.69, 9.17) is 0 Å². The predicted molar refractivity (Wildman–Crippen MR) is 70.8 cm³/mol. The van der Waals surface area contributed by atoms with E-state index in [1.807, 2.05) is 18.2 Å². The molecule has 1 saturated carbocycles. The second-order valence-corrected chi connectivity index (χ2v) is 5.16. The standard InChI is InChI=1S/C14H16O2S/c1-14(16,11-5-3-2-4-6-11)13(15)9-12(17)10-7-8-10/h2-6,9-10,16-17H,7-8H2,1H3/b12-9-. The van der Waals surface area contributed by atoms with Gasteiger partial charge in [0.2, 0.25) is 0 Å². The van der Waals surface area contributed by atoms with Crippen molar-refractivity contribution in [3.05, 3.63) is 46.9 Å². The first-order valence-corrected chi connectivity index (χ1v) is 6.19. The Hall–Kier alpha value is -1.06. The summed E-state index contributed by atoms with van der Waals surface area (Å²) in [7, 11) is 0. The highest BCUT2D eigenvalue weighted by Crippen LogP contribution is 2.38. The number of hydrogen-bond acceptors (Lipinski definition) is 3. The molecular weight excluding hydrogens is 232 g/mol. The normalized spacial score (nSPS) is 19.8. The Bertz CT molecular complexity index is 445. The quantitative estimate of drug-likeness (QED) is 0.635. The molecule has 0 aromatic heterocycles. The molecule has 1 aliphatic carbocycles. The zero-order chi connectivity index (χ0) is 12.5. The number of carbonyl (C=O) groups excluding carboxylic acids is 1. The van der Waals surface area contributed by atoms with Crippen molar-refractivity contribution in [1.29, 1.82) is 0 Å². The number of benzene rings is 1. The van der Waals surface area contributed by atoms with Crippen LogP contribution in [0.5, 0.6) is 0 Å². The third-order valence-corrected chi connectivity index (χ3v) is 3.58. The molecule has 17 heavy (non-hydrogen) atoms. The largest absolute Gasteiger partial charge is 0.377 e. The summed E-state index contributed by atoms with van der Waals surface area (Å²) in [5.41, 5.74) is -0.859. The van der Waals surface area contributed by atoms with Crippen LogP contribution in [0.2, 0.25) is 0 Å². The molecule has 0 radical (unpaired) electrons. The number of thiol groups is 1. The summed E-state index contributed by atoms with van der Waals surface area (Å²) in [4.78, 5) is 12.8. The van der Waals surface area contributed by atoms with Crippen LogP contribution in [0.25, 0.3) is 0 Å². The Kier molecular flexibility index (Phi) is 3.40. The zero-order valence-corrected chi connectivity index (χ0v) is 10.7. The highest BCUT2D eigenvalue weighted by molar-refractivity contribution is 7.84. The summed E-state index contributed by atoms with van der Waals surface area (Å²) in [6.07, 6.45) is 3.65. The van der Waals surface area contributed by atoms with Crippen molar-refractivity contribution in [2.24, 2.45) is 5.92 Å². The Morgan fingerprint density at radius 2 is 2.00 bits per heavy atom. The van der Waals surface area contributed by atoms with Crippen LogP contribution in [0.3, 0.4) is 0 Å². The second kappa shape index (κ2) is 4.67. The van der Waals surface area contributed by atoms with Crippen molar-refractivity contribution in [1.82, 2.24) is 0 Å². The van der Waals surface area contributed by atoms with Gasteiger partial charge in [-0.2, -0.15) is 0 Å². The van der Waals surface area contributed by atoms with Gasteiger partial charge >= 0.3 is 0 Å². The van der Waals surface area contributed by atoms with Gasteiger partial charge in [0.25, 0.3) is 0 Å².